The number of nitrogens with zero attached hydrogens (tertiary/aromatic N) is 3. The second-order valence-corrected chi connectivity index (χ2v) is 4.01. The van der Waals surface area contributed by atoms with E-state index in [1.807, 2.05) is 12.1 Å². The second kappa shape index (κ2) is 4.71. The van der Waals surface area contributed by atoms with E-state index >= 15 is 0 Å². The molecular weight excluding hydrogens is 222 g/mol. The molecule has 2 aromatic heterocycles. The summed E-state index contributed by atoms with van der Waals surface area (Å²) in [7, 11) is 0. The van der Waals surface area contributed by atoms with Crippen LogP contribution in [0.2, 0.25) is 0 Å². The van der Waals surface area contributed by atoms with Crippen molar-refractivity contribution in [3.63, 3.8) is 0 Å². The topological polar surface area (TPSA) is 88.5 Å². The summed E-state index contributed by atoms with van der Waals surface area (Å²) < 4.78 is 0. The molecule has 2 heterocycles. The monoisotopic (exact) mass is 231 g/mol. The van der Waals surface area contributed by atoms with E-state index in [4.69, 9.17) is 11.1 Å². The Morgan fingerprint density at radius 1 is 1.19 bits per heavy atom. The number of hydrogen-bond acceptors (Lipinski definition) is 5. The van der Waals surface area contributed by atoms with Crippen LogP contribution in [0.4, 0.5) is 0 Å². The van der Waals surface area contributed by atoms with E-state index in [2.05, 4.69) is 15.2 Å². The van der Waals surface area contributed by atoms with Crippen molar-refractivity contribution >= 4 is 17.6 Å². The summed E-state index contributed by atoms with van der Waals surface area (Å²) in [6.07, 6.45) is 4.92. The maximum Gasteiger partial charge on any atom is 0.134 e. The standard InChI is InChI=1S/C10H9N5S/c11-9(12)8-3-6-14-15-10(8)16-7-1-4-13-5-2-7/h1-6H,(H3,11,12). The molecule has 5 nitrogen and oxygen atoms in total. The molecule has 3 N–H and O–H groups in total. The van der Waals surface area contributed by atoms with Crippen molar-refractivity contribution in [3.05, 3.63) is 42.4 Å². The summed E-state index contributed by atoms with van der Waals surface area (Å²) in [6, 6.07) is 5.41. The maximum atomic E-state index is 7.43. The Morgan fingerprint density at radius 2 is 1.94 bits per heavy atom. The fourth-order valence-corrected chi connectivity index (χ4v) is 1.97. The van der Waals surface area contributed by atoms with E-state index in [-0.39, 0.29) is 5.84 Å². The van der Waals surface area contributed by atoms with Crippen LogP contribution in [0.1, 0.15) is 5.56 Å². The van der Waals surface area contributed by atoms with Crippen molar-refractivity contribution in [2.75, 3.05) is 0 Å². The Bertz CT molecular complexity index is 500. The molecule has 0 bridgehead atoms. The molecule has 0 unspecified atom stereocenters. The van der Waals surface area contributed by atoms with Crippen LogP contribution in [0.15, 0.2) is 46.7 Å². The zero-order chi connectivity index (χ0) is 11.4. The van der Waals surface area contributed by atoms with E-state index in [0.29, 0.717) is 10.6 Å². The van der Waals surface area contributed by atoms with Gasteiger partial charge in [0.1, 0.15) is 10.9 Å². The van der Waals surface area contributed by atoms with Crippen LogP contribution in [0, 0.1) is 5.41 Å². The highest BCUT2D eigenvalue weighted by Crippen LogP contribution is 2.27. The summed E-state index contributed by atoms with van der Waals surface area (Å²) in [5.41, 5.74) is 6.05. The van der Waals surface area contributed by atoms with Crippen molar-refractivity contribution in [1.29, 1.82) is 5.41 Å². The van der Waals surface area contributed by atoms with Crippen molar-refractivity contribution in [1.82, 2.24) is 15.2 Å². The number of nitrogen functional groups attached to an aromatic ring is 1. The third-order valence-electron chi connectivity index (χ3n) is 1.84. The van der Waals surface area contributed by atoms with Crippen LogP contribution < -0.4 is 5.73 Å². The van der Waals surface area contributed by atoms with Gasteiger partial charge in [0.15, 0.2) is 0 Å². The maximum absolute atomic E-state index is 7.43. The van der Waals surface area contributed by atoms with Gasteiger partial charge in [-0.1, -0.05) is 11.8 Å². The lowest BCUT2D eigenvalue weighted by atomic mass is 10.3. The molecule has 0 aliphatic heterocycles. The molecule has 0 radical (unpaired) electrons. The number of hydrogen-bond donors (Lipinski definition) is 2. The molecule has 0 aliphatic rings. The first-order valence-electron chi connectivity index (χ1n) is 4.51. The minimum Gasteiger partial charge on any atom is -0.384 e. The van der Waals surface area contributed by atoms with E-state index < -0.39 is 0 Å². The molecule has 2 aromatic rings. The average Bonchev–Trinajstić information content (AvgIpc) is 2.31. The summed E-state index contributed by atoms with van der Waals surface area (Å²) in [5, 5.41) is 15.8. The van der Waals surface area contributed by atoms with Crippen LogP contribution in [-0.2, 0) is 0 Å². The minimum absolute atomic E-state index is 0.00791. The molecule has 0 amide bonds. The van der Waals surface area contributed by atoms with Crippen LogP contribution in [0.5, 0.6) is 0 Å². The number of amidine groups is 1. The lowest BCUT2D eigenvalue weighted by molar-refractivity contribution is 0.921. The third-order valence-corrected chi connectivity index (χ3v) is 2.84. The van der Waals surface area contributed by atoms with Crippen LogP contribution in [0.25, 0.3) is 0 Å². The van der Waals surface area contributed by atoms with Crippen molar-refractivity contribution in [3.8, 4) is 0 Å². The lowest BCUT2D eigenvalue weighted by Crippen LogP contribution is -2.13. The Morgan fingerprint density at radius 3 is 2.62 bits per heavy atom. The first kappa shape index (κ1) is 10.6. The van der Waals surface area contributed by atoms with Gasteiger partial charge in [0.25, 0.3) is 0 Å². The SMILES string of the molecule is N=C(N)c1ccnnc1Sc1ccncc1. The van der Waals surface area contributed by atoms with E-state index in [1.54, 1.807) is 18.5 Å². The van der Waals surface area contributed by atoms with E-state index in [0.717, 1.165) is 4.90 Å². The third kappa shape index (κ3) is 2.34. The van der Waals surface area contributed by atoms with Crippen molar-refractivity contribution in [2.45, 2.75) is 9.92 Å². The van der Waals surface area contributed by atoms with Gasteiger partial charge >= 0.3 is 0 Å². The van der Waals surface area contributed by atoms with Gasteiger partial charge in [-0.2, -0.15) is 5.10 Å². The Hall–Kier alpha value is -1.95. The predicted octanol–water partition coefficient (Wildman–Crippen LogP) is 1.31. The molecule has 0 atom stereocenters. The molecule has 0 saturated carbocycles. The number of nitrogens with two attached hydrogens (primary N) is 1. The molecule has 0 saturated heterocycles. The molecular formula is C10H9N5S. The molecule has 0 spiro atoms. The molecule has 0 aliphatic carbocycles. The molecule has 80 valence electrons. The number of nitrogens with one attached hydrogen (secondary N) is 1. The van der Waals surface area contributed by atoms with Gasteiger partial charge in [0.2, 0.25) is 0 Å². The Balaban J connectivity index is 2.31. The molecule has 2 rings (SSSR count). The zero-order valence-electron chi connectivity index (χ0n) is 8.29. The van der Waals surface area contributed by atoms with Gasteiger partial charge < -0.3 is 5.73 Å². The normalized spacial score (nSPS) is 10.0. The van der Waals surface area contributed by atoms with Crippen LogP contribution in [0.3, 0.4) is 0 Å². The van der Waals surface area contributed by atoms with Crippen molar-refractivity contribution in [2.24, 2.45) is 5.73 Å². The van der Waals surface area contributed by atoms with Gasteiger partial charge in [0, 0.05) is 17.3 Å². The second-order valence-electron chi connectivity index (χ2n) is 2.95. The minimum atomic E-state index is -0.00791. The van der Waals surface area contributed by atoms with Gasteiger partial charge in [-0.25, -0.2) is 0 Å². The zero-order valence-corrected chi connectivity index (χ0v) is 9.11. The summed E-state index contributed by atoms with van der Waals surface area (Å²) >= 11 is 1.41. The lowest BCUT2D eigenvalue weighted by Gasteiger charge is -2.04. The first-order valence-corrected chi connectivity index (χ1v) is 5.33. The predicted molar refractivity (Wildman–Crippen MR) is 61.4 cm³/mol. The first-order chi connectivity index (χ1) is 7.77. The van der Waals surface area contributed by atoms with E-state index in [1.165, 1.54) is 18.0 Å². The molecule has 0 aromatic carbocycles. The van der Waals surface area contributed by atoms with Crippen LogP contribution in [-0.4, -0.2) is 21.0 Å². The fourth-order valence-electron chi connectivity index (χ4n) is 1.12. The fraction of sp³-hybridized carbons (Fsp3) is 0. The highest BCUT2D eigenvalue weighted by Gasteiger charge is 2.08. The van der Waals surface area contributed by atoms with E-state index in [9.17, 15) is 0 Å². The number of pyridine rings is 1. The largest absolute Gasteiger partial charge is 0.384 e. The Labute approximate surface area is 96.6 Å². The molecule has 16 heavy (non-hydrogen) atoms. The molecule has 6 heteroatoms. The molecule has 0 fully saturated rings. The highest BCUT2D eigenvalue weighted by molar-refractivity contribution is 7.99. The van der Waals surface area contributed by atoms with Gasteiger partial charge in [-0.3, -0.25) is 10.4 Å². The quantitative estimate of drug-likeness (QED) is 0.614. The van der Waals surface area contributed by atoms with Gasteiger partial charge in [0.05, 0.1) is 11.8 Å². The number of aromatic nitrogens is 3. The smallest absolute Gasteiger partial charge is 0.134 e. The average molecular weight is 231 g/mol. The van der Waals surface area contributed by atoms with Crippen molar-refractivity contribution < 1.29 is 0 Å². The van der Waals surface area contributed by atoms with Gasteiger partial charge in [-0.15, -0.1) is 5.10 Å². The van der Waals surface area contributed by atoms with Gasteiger partial charge in [-0.05, 0) is 18.2 Å². The van der Waals surface area contributed by atoms with Crippen LogP contribution >= 0.6 is 11.8 Å². The summed E-state index contributed by atoms with van der Waals surface area (Å²) in [5.74, 6) is -0.00791. The number of rotatable bonds is 3. The summed E-state index contributed by atoms with van der Waals surface area (Å²) in [6.45, 7) is 0. The Kier molecular flexibility index (Phi) is 3.11. The summed E-state index contributed by atoms with van der Waals surface area (Å²) in [4.78, 5) is 4.91. The highest BCUT2D eigenvalue weighted by atomic mass is 32.2.